The fraction of sp³-hybridized carbons (Fsp3) is 0.111. The lowest BCUT2D eigenvalue weighted by Gasteiger charge is -1.94. The fourth-order valence-electron chi connectivity index (χ4n) is 1.27. The standard InChI is InChI=1S/C9H6FN3/c1-6-4-13-5-8(10)2-7(3-11)9(13)12-6/h2,4-5H,1H3. The molecule has 0 atom stereocenters. The van der Waals surface area contributed by atoms with Gasteiger partial charge in [0.05, 0.1) is 11.3 Å². The zero-order valence-electron chi connectivity index (χ0n) is 6.95. The Labute approximate surface area is 74.1 Å². The van der Waals surface area contributed by atoms with Crippen LogP contribution < -0.4 is 0 Å². The Morgan fingerprint density at radius 3 is 3.00 bits per heavy atom. The summed E-state index contributed by atoms with van der Waals surface area (Å²) in [7, 11) is 0. The number of rotatable bonds is 0. The third-order valence-electron chi connectivity index (χ3n) is 1.76. The maximum atomic E-state index is 12.9. The van der Waals surface area contributed by atoms with Gasteiger partial charge in [-0.15, -0.1) is 0 Å². The largest absolute Gasteiger partial charge is 0.303 e. The summed E-state index contributed by atoms with van der Waals surface area (Å²) in [5.41, 5.74) is 1.52. The highest BCUT2D eigenvalue weighted by atomic mass is 19.1. The minimum Gasteiger partial charge on any atom is -0.303 e. The molecule has 0 saturated carbocycles. The summed E-state index contributed by atoms with van der Waals surface area (Å²) in [5, 5.41) is 8.70. The molecular formula is C9H6FN3. The van der Waals surface area contributed by atoms with Gasteiger partial charge in [0.25, 0.3) is 0 Å². The van der Waals surface area contributed by atoms with Crippen molar-refractivity contribution in [1.29, 1.82) is 5.26 Å². The molecule has 0 unspecified atom stereocenters. The lowest BCUT2D eigenvalue weighted by Crippen LogP contribution is -1.89. The second kappa shape index (κ2) is 2.56. The second-order valence-electron chi connectivity index (χ2n) is 2.80. The van der Waals surface area contributed by atoms with Gasteiger partial charge < -0.3 is 4.40 Å². The summed E-state index contributed by atoms with van der Waals surface area (Å²) in [6, 6.07) is 3.08. The van der Waals surface area contributed by atoms with Crippen LogP contribution in [0.15, 0.2) is 18.5 Å². The van der Waals surface area contributed by atoms with Crippen molar-refractivity contribution in [3.63, 3.8) is 0 Å². The molecule has 0 amide bonds. The Hall–Kier alpha value is -1.89. The van der Waals surface area contributed by atoms with Crippen LogP contribution in [0.5, 0.6) is 0 Å². The number of pyridine rings is 1. The Kier molecular flexibility index (Phi) is 1.52. The average Bonchev–Trinajstić information content (AvgIpc) is 2.43. The molecule has 13 heavy (non-hydrogen) atoms. The van der Waals surface area contributed by atoms with Crippen molar-refractivity contribution in [3.05, 3.63) is 35.5 Å². The summed E-state index contributed by atoms with van der Waals surface area (Å²) in [6.07, 6.45) is 2.98. The SMILES string of the molecule is Cc1cn2cc(F)cc(C#N)c2n1. The molecule has 2 aromatic heterocycles. The van der Waals surface area contributed by atoms with Gasteiger partial charge in [-0.2, -0.15) is 5.26 Å². The van der Waals surface area contributed by atoms with Gasteiger partial charge in [0.2, 0.25) is 0 Å². The van der Waals surface area contributed by atoms with E-state index in [0.29, 0.717) is 5.65 Å². The molecule has 0 aromatic carbocycles. The van der Waals surface area contributed by atoms with Crippen molar-refractivity contribution < 1.29 is 4.39 Å². The van der Waals surface area contributed by atoms with E-state index < -0.39 is 5.82 Å². The third kappa shape index (κ3) is 1.14. The van der Waals surface area contributed by atoms with E-state index in [0.717, 1.165) is 5.69 Å². The van der Waals surface area contributed by atoms with Gasteiger partial charge in [-0.25, -0.2) is 9.37 Å². The lowest BCUT2D eigenvalue weighted by atomic mass is 10.3. The predicted octanol–water partition coefficient (Wildman–Crippen LogP) is 1.65. The number of halogens is 1. The van der Waals surface area contributed by atoms with Gasteiger partial charge in [0.1, 0.15) is 11.9 Å². The minimum absolute atomic E-state index is 0.258. The van der Waals surface area contributed by atoms with Crippen LogP contribution in [0.2, 0.25) is 0 Å². The smallest absolute Gasteiger partial charge is 0.155 e. The first kappa shape index (κ1) is 7.74. The van der Waals surface area contributed by atoms with Crippen molar-refractivity contribution in [3.8, 4) is 6.07 Å². The number of nitrogens with zero attached hydrogens (tertiary/aromatic N) is 3. The lowest BCUT2D eigenvalue weighted by molar-refractivity contribution is 0.618. The van der Waals surface area contributed by atoms with Crippen molar-refractivity contribution >= 4 is 5.65 Å². The quantitative estimate of drug-likeness (QED) is 0.610. The third-order valence-corrected chi connectivity index (χ3v) is 1.76. The van der Waals surface area contributed by atoms with Crippen LogP contribution in [-0.4, -0.2) is 9.38 Å². The fourth-order valence-corrected chi connectivity index (χ4v) is 1.27. The molecule has 0 aliphatic heterocycles. The van der Waals surface area contributed by atoms with Crippen LogP contribution in [0, 0.1) is 24.1 Å². The van der Waals surface area contributed by atoms with Crippen LogP contribution in [-0.2, 0) is 0 Å². The molecule has 2 rings (SSSR count). The highest BCUT2D eigenvalue weighted by molar-refractivity contribution is 5.55. The van der Waals surface area contributed by atoms with E-state index in [9.17, 15) is 4.39 Å². The molecule has 0 N–H and O–H groups in total. The van der Waals surface area contributed by atoms with E-state index in [1.807, 2.05) is 6.07 Å². The zero-order chi connectivity index (χ0) is 9.42. The molecule has 0 radical (unpaired) electrons. The van der Waals surface area contributed by atoms with Gasteiger partial charge in [-0.1, -0.05) is 0 Å². The molecule has 2 heterocycles. The number of aromatic nitrogens is 2. The van der Waals surface area contributed by atoms with E-state index in [4.69, 9.17) is 5.26 Å². The number of nitriles is 1. The average molecular weight is 175 g/mol. The highest BCUT2D eigenvalue weighted by Gasteiger charge is 2.05. The Balaban J connectivity index is 2.90. The minimum atomic E-state index is -0.429. The normalized spacial score (nSPS) is 10.2. The van der Waals surface area contributed by atoms with Crippen molar-refractivity contribution in [2.24, 2.45) is 0 Å². The zero-order valence-corrected chi connectivity index (χ0v) is 6.95. The summed E-state index contributed by atoms with van der Waals surface area (Å²) in [6.45, 7) is 1.80. The van der Waals surface area contributed by atoms with Gasteiger partial charge in [-0.05, 0) is 13.0 Å². The topological polar surface area (TPSA) is 41.1 Å². The first-order valence-corrected chi connectivity index (χ1v) is 3.75. The van der Waals surface area contributed by atoms with Crippen LogP contribution in [0.3, 0.4) is 0 Å². The van der Waals surface area contributed by atoms with Gasteiger partial charge in [-0.3, -0.25) is 0 Å². The number of aryl methyl sites for hydroxylation is 1. The first-order chi connectivity index (χ1) is 6.20. The second-order valence-corrected chi connectivity index (χ2v) is 2.80. The Bertz CT molecular complexity index is 507. The summed E-state index contributed by atoms with van der Waals surface area (Å²) in [4.78, 5) is 4.10. The predicted molar refractivity (Wildman–Crippen MR) is 44.6 cm³/mol. The molecule has 0 aliphatic carbocycles. The van der Waals surface area contributed by atoms with E-state index >= 15 is 0 Å². The molecular weight excluding hydrogens is 169 g/mol. The van der Waals surface area contributed by atoms with Crippen LogP contribution in [0.4, 0.5) is 4.39 Å². The molecule has 3 nitrogen and oxygen atoms in total. The molecule has 0 fully saturated rings. The molecule has 0 spiro atoms. The van der Waals surface area contributed by atoms with E-state index in [-0.39, 0.29) is 5.56 Å². The maximum absolute atomic E-state index is 12.9. The molecule has 0 bridgehead atoms. The van der Waals surface area contributed by atoms with Crippen molar-refractivity contribution in [1.82, 2.24) is 9.38 Å². The number of hydrogen-bond donors (Lipinski definition) is 0. The van der Waals surface area contributed by atoms with Gasteiger partial charge >= 0.3 is 0 Å². The number of fused-ring (bicyclic) bond motifs is 1. The Morgan fingerprint density at radius 2 is 2.31 bits per heavy atom. The van der Waals surface area contributed by atoms with Crippen LogP contribution >= 0.6 is 0 Å². The highest BCUT2D eigenvalue weighted by Crippen LogP contribution is 2.11. The molecule has 0 aliphatic rings. The summed E-state index contributed by atoms with van der Waals surface area (Å²) >= 11 is 0. The van der Waals surface area contributed by atoms with Gasteiger partial charge in [0.15, 0.2) is 5.65 Å². The molecule has 64 valence electrons. The Morgan fingerprint density at radius 1 is 1.54 bits per heavy atom. The van der Waals surface area contributed by atoms with Crippen molar-refractivity contribution in [2.75, 3.05) is 0 Å². The first-order valence-electron chi connectivity index (χ1n) is 3.75. The maximum Gasteiger partial charge on any atom is 0.155 e. The monoisotopic (exact) mass is 175 g/mol. The number of imidazole rings is 1. The summed E-state index contributed by atoms with van der Waals surface area (Å²) in [5.74, 6) is -0.429. The van der Waals surface area contributed by atoms with E-state index in [2.05, 4.69) is 4.98 Å². The molecule has 0 saturated heterocycles. The van der Waals surface area contributed by atoms with Gasteiger partial charge in [0, 0.05) is 12.4 Å². The van der Waals surface area contributed by atoms with Crippen LogP contribution in [0.1, 0.15) is 11.3 Å². The van der Waals surface area contributed by atoms with Crippen LogP contribution in [0.25, 0.3) is 5.65 Å². The summed E-state index contributed by atoms with van der Waals surface area (Å²) < 4.78 is 14.4. The molecule has 2 aromatic rings. The number of hydrogen-bond acceptors (Lipinski definition) is 2. The van der Waals surface area contributed by atoms with E-state index in [1.165, 1.54) is 16.7 Å². The van der Waals surface area contributed by atoms with E-state index in [1.54, 1.807) is 13.1 Å². The molecule has 4 heteroatoms. The van der Waals surface area contributed by atoms with Crippen molar-refractivity contribution in [2.45, 2.75) is 6.92 Å².